The molecule has 142 valence electrons. The van der Waals surface area contributed by atoms with Gasteiger partial charge in [0.2, 0.25) is 0 Å². The van der Waals surface area contributed by atoms with Gasteiger partial charge in [0.25, 0.3) is 11.8 Å². The van der Waals surface area contributed by atoms with Gasteiger partial charge >= 0.3 is 0 Å². The van der Waals surface area contributed by atoms with Crippen LogP contribution in [0.25, 0.3) is 0 Å². The van der Waals surface area contributed by atoms with Crippen molar-refractivity contribution in [3.05, 3.63) is 58.4 Å². The lowest BCUT2D eigenvalue weighted by Crippen LogP contribution is -2.35. The van der Waals surface area contributed by atoms with Crippen LogP contribution >= 0.6 is 11.6 Å². The molecular formula is C18H17ClFN3O4. The van der Waals surface area contributed by atoms with Crippen LogP contribution in [0, 0.1) is 5.82 Å². The van der Waals surface area contributed by atoms with Crippen molar-refractivity contribution in [3.63, 3.8) is 0 Å². The number of hydrazone groups is 1. The minimum Gasteiger partial charge on any atom is -0.493 e. The van der Waals surface area contributed by atoms with E-state index in [-0.39, 0.29) is 10.6 Å². The maximum atomic E-state index is 13.7. The number of halogens is 2. The van der Waals surface area contributed by atoms with E-state index in [9.17, 15) is 14.0 Å². The second-order valence-corrected chi connectivity index (χ2v) is 5.56. The smallest absolute Gasteiger partial charge is 0.259 e. The summed E-state index contributed by atoms with van der Waals surface area (Å²) in [5.41, 5.74) is 2.51. The molecule has 2 amide bonds. The average Bonchev–Trinajstić information content (AvgIpc) is 2.65. The van der Waals surface area contributed by atoms with Gasteiger partial charge in [-0.2, -0.15) is 5.10 Å². The van der Waals surface area contributed by atoms with E-state index >= 15 is 0 Å². The van der Waals surface area contributed by atoms with Crippen LogP contribution in [-0.4, -0.2) is 38.8 Å². The average molecular weight is 394 g/mol. The molecule has 9 heteroatoms. The number of benzene rings is 2. The van der Waals surface area contributed by atoms with Crippen LogP contribution in [0.1, 0.15) is 15.9 Å². The van der Waals surface area contributed by atoms with Gasteiger partial charge in [0.05, 0.1) is 37.6 Å². The highest BCUT2D eigenvalue weighted by Gasteiger charge is 2.16. The third-order valence-electron chi connectivity index (χ3n) is 3.43. The van der Waals surface area contributed by atoms with E-state index in [2.05, 4.69) is 15.8 Å². The van der Waals surface area contributed by atoms with Crippen molar-refractivity contribution in [1.29, 1.82) is 0 Å². The number of hydrogen-bond acceptors (Lipinski definition) is 5. The number of ether oxygens (including phenoxy) is 2. The molecule has 7 nitrogen and oxygen atoms in total. The molecule has 0 heterocycles. The Hall–Kier alpha value is -3.13. The number of rotatable bonds is 7. The molecule has 0 fully saturated rings. The van der Waals surface area contributed by atoms with Crippen molar-refractivity contribution in [2.45, 2.75) is 0 Å². The van der Waals surface area contributed by atoms with Crippen LogP contribution in [0.2, 0.25) is 5.02 Å². The molecule has 0 saturated heterocycles. The molecule has 0 radical (unpaired) electrons. The summed E-state index contributed by atoms with van der Waals surface area (Å²) in [6.07, 6.45) is 1.37. The predicted molar refractivity (Wildman–Crippen MR) is 99.0 cm³/mol. The van der Waals surface area contributed by atoms with Crippen LogP contribution in [0.5, 0.6) is 11.5 Å². The van der Waals surface area contributed by atoms with Crippen molar-refractivity contribution in [2.75, 3.05) is 20.8 Å². The quantitative estimate of drug-likeness (QED) is 0.558. The zero-order valence-corrected chi connectivity index (χ0v) is 15.3. The standard InChI is InChI=1S/C18H17ClFN3O4/c1-26-14-8-3-5-11(17(14)27-2)9-22-23-15(24)10-21-18(25)16-12(19)6-4-7-13(16)20/h3-9H,10H2,1-2H3,(H,21,25)(H,23,24)/b22-9-. The Labute approximate surface area is 160 Å². The van der Waals surface area contributed by atoms with Gasteiger partial charge in [0, 0.05) is 5.56 Å². The monoisotopic (exact) mass is 393 g/mol. The molecule has 0 aliphatic heterocycles. The van der Waals surface area contributed by atoms with Crippen molar-refractivity contribution in [3.8, 4) is 11.5 Å². The molecular weight excluding hydrogens is 377 g/mol. The van der Waals surface area contributed by atoms with E-state index in [1.165, 1.54) is 32.6 Å². The lowest BCUT2D eigenvalue weighted by molar-refractivity contribution is -0.120. The largest absolute Gasteiger partial charge is 0.493 e. The lowest BCUT2D eigenvalue weighted by atomic mass is 10.2. The summed E-state index contributed by atoms with van der Waals surface area (Å²) in [7, 11) is 2.99. The van der Waals surface area contributed by atoms with E-state index in [1.54, 1.807) is 18.2 Å². The van der Waals surface area contributed by atoms with Crippen molar-refractivity contribution < 1.29 is 23.5 Å². The molecule has 27 heavy (non-hydrogen) atoms. The summed E-state index contributed by atoms with van der Waals surface area (Å²) in [5.74, 6) is -1.20. The third-order valence-corrected chi connectivity index (χ3v) is 3.74. The van der Waals surface area contributed by atoms with E-state index in [0.717, 1.165) is 6.07 Å². The fourth-order valence-electron chi connectivity index (χ4n) is 2.19. The molecule has 0 spiro atoms. The van der Waals surface area contributed by atoms with Crippen molar-refractivity contribution in [2.24, 2.45) is 5.10 Å². The first-order valence-electron chi connectivity index (χ1n) is 7.73. The maximum absolute atomic E-state index is 13.7. The van der Waals surface area contributed by atoms with E-state index in [0.29, 0.717) is 17.1 Å². The SMILES string of the molecule is COc1cccc(/C=N\NC(=O)CNC(=O)c2c(F)cccc2Cl)c1OC. The summed E-state index contributed by atoms with van der Waals surface area (Å²) in [4.78, 5) is 23.7. The highest BCUT2D eigenvalue weighted by molar-refractivity contribution is 6.33. The first kappa shape index (κ1) is 20.2. The van der Waals surface area contributed by atoms with Gasteiger partial charge in [-0.05, 0) is 24.3 Å². The second kappa shape index (κ2) is 9.54. The lowest BCUT2D eigenvalue weighted by Gasteiger charge is -2.09. The number of methoxy groups -OCH3 is 2. The van der Waals surface area contributed by atoms with Gasteiger partial charge in [0.15, 0.2) is 11.5 Å². The van der Waals surface area contributed by atoms with Gasteiger partial charge in [0.1, 0.15) is 5.82 Å². The first-order chi connectivity index (χ1) is 13.0. The summed E-state index contributed by atoms with van der Waals surface area (Å²) in [5, 5.41) is 6.03. The molecule has 2 aromatic carbocycles. The van der Waals surface area contributed by atoms with Gasteiger partial charge in [-0.25, -0.2) is 9.82 Å². The Kier molecular flexibility index (Phi) is 7.13. The van der Waals surface area contributed by atoms with Gasteiger partial charge in [-0.1, -0.05) is 23.7 Å². The van der Waals surface area contributed by atoms with Gasteiger partial charge in [-0.3, -0.25) is 9.59 Å². The Morgan fingerprint density at radius 3 is 2.59 bits per heavy atom. The number of carbonyl (C=O) groups excluding carboxylic acids is 2. The van der Waals surface area contributed by atoms with E-state index in [4.69, 9.17) is 21.1 Å². The Morgan fingerprint density at radius 2 is 1.93 bits per heavy atom. The molecule has 0 atom stereocenters. The Morgan fingerprint density at radius 1 is 1.19 bits per heavy atom. The predicted octanol–water partition coefficient (Wildman–Crippen LogP) is 2.38. The first-order valence-corrected chi connectivity index (χ1v) is 8.10. The fraction of sp³-hybridized carbons (Fsp3) is 0.167. The van der Waals surface area contributed by atoms with E-state index < -0.39 is 24.2 Å². The normalized spacial score (nSPS) is 10.5. The Bertz CT molecular complexity index is 853. The minimum atomic E-state index is -0.799. The molecule has 0 bridgehead atoms. The van der Waals surface area contributed by atoms with Gasteiger partial charge in [-0.15, -0.1) is 0 Å². The molecule has 2 N–H and O–H groups in total. The van der Waals surface area contributed by atoms with Crippen LogP contribution in [-0.2, 0) is 4.79 Å². The molecule has 2 aromatic rings. The van der Waals surface area contributed by atoms with Crippen LogP contribution in [0.15, 0.2) is 41.5 Å². The van der Waals surface area contributed by atoms with Crippen LogP contribution < -0.4 is 20.2 Å². The topological polar surface area (TPSA) is 89.0 Å². The third kappa shape index (κ3) is 5.18. The summed E-state index contributed by atoms with van der Waals surface area (Å²) in [6.45, 7) is -0.407. The van der Waals surface area contributed by atoms with E-state index in [1.807, 2.05) is 0 Å². The zero-order valence-electron chi connectivity index (χ0n) is 14.6. The zero-order chi connectivity index (χ0) is 19.8. The number of para-hydroxylation sites is 1. The minimum absolute atomic E-state index is 0.0453. The van der Waals surface area contributed by atoms with Gasteiger partial charge < -0.3 is 14.8 Å². The number of hydrogen-bond donors (Lipinski definition) is 2. The number of nitrogens with zero attached hydrogens (tertiary/aromatic N) is 1. The van der Waals surface area contributed by atoms with Crippen LogP contribution in [0.4, 0.5) is 4.39 Å². The highest BCUT2D eigenvalue weighted by Crippen LogP contribution is 2.29. The number of amides is 2. The maximum Gasteiger partial charge on any atom is 0.259 e. The van der Waals surface area contributed by atoms with Crippen molar-refractivity contribution >= 4 is 29.6 Å². The second-order valence-electron chi connectivity index (χ2n) is 5.16. The Balaban J connectivity index is 1.93. The summed E-state index contributed by atoms with van der Waals surface area (Å²) >= 11 is 5.80. The van der Waals surface area contributed by atoms with Crippen molar-refractivity contribution in [1.82, 2.24) is 10.7 Å². The molecule has 2 rings (SSSR count). The summed E-state index contributed by atoms with van der Waals surface area (Å²) < 4.78 is 24.1. The molecule has 0 aliphatic rings. The molecule has 0 saturated carbocycles. The molecule has 0 aliphatic carbocycles. The fourth-order valence-corrected chi connectivity index (χ4v) is 2.44. The molecule has 0 unspecified atom stereocenters. The molecule has 0 aromatic heterocycles. The highest BCUT2D eigenvalue weighted by atomic mass is 35.5. The van der Waals surface area contributed by atoms with Crippen LogP contribution in [0.3, 0.4) is 0 Å². The number of carbonyl (C=O) groups is 2. The number of nitrogens with one attached hydrogen (secondary N) is 2. The summed E-state index contributed by atoms with van der Waals surface area (Å²) in [6, 6.07) is 9.04.